The molecule has 2 N–H and O–H groups in total. The number of methoxy groups -OCH3 is 1. The lowest BCUT2D eigenvalue weighted by Gasteiger charge is -2.10. The van der Waals surface area contributed by atoms with E-state index in [0.29, 0.717) is 22.9 Å². The summed E-state index contributed by atoms with van der Waals surface area (Å²) in [5.41, 5.74) is 0.856. The van der Waals surface area contributed by atoms with Crippen LogP contribution in [0.4, 0.5) is 21.6 Å². The molecule has 26 heavy (non-hydrogen) atoms. The van der Waals surface area contributed by atoms with E-state index in [1.165, 1.54) is 37.6 Å². The number of sulfonamides is 1. The van der Waals surface area contributed by atoms with Crippen LogP contribution in [0.25, 0.3) is 0 Å². The van der Waals surface area contributed by atoms with E-state index in [1.807, 2.05) is 0 Å². The first-order valence-electron chi connectivity index (χ1n) is 7.62. The summed E-state index contributed by atoms with van der Waals surface area (Å²) in [7, 11) is -2.22. The number of hydrogen-bond donors (Lipinski definition) is 2. The molecule has 6 nitrogen and oxygen atoms in total. The second-order valence-electron chi connectivity index (χ2n) is 5.35. The van der Waals surface area contributed by atoms with Crippen LogP contribution in [0.1, 0.15) is 0 Å². The van der Waals surface area contributed by atoms with Crippen molar-refractivity contribution in [2.24, 2.45) is 0 Å². The van der Waals surface area contributed by atoms with Crippen LogP contribution < -0.4 is 14.8 Å². The topological polar surface area (TPSA) is 80.3 Å². The smallest absolute Gasteiger partial charge is 0.261 e. The number of anilines is 3. The van der Waals surface area contributed by atoms with Gasteiger partial charge in [-0.2, -0.15) is 0 Å². The van der Waals surface area contributed by atoms with Crippen molar-refractivity contribution in [1.82, 2.24) is 4.98 Å². The first kappa shape index (κ1) is 17.7. The van der Waals surface area contributed by atoms with Crippen LogP contribution in [-0.4, -0.2) is 20.5 Å². The lowest BCUT2D eigenvalue weighted by molar-refractivity contribution is 0.414. The molecule has 0 saturated carbocycles. The molecular formula is C18H16FN3O3S. The number of aromatic nitrogens is 1. The molecule has 1 aromatic heterocycles. The molecule has 3 rings (SSSR count). The largest absolute Gasteiger partial charge is 0.497 e. The summed E-state index contributed by atoms with van der Waals surface area (Å²) < 4.78 is 45.4. The summed E-state index contributed by atoms with van der Waals surface area (Å²) >= 11 is 0. The molecule has 0 bridgehead atoms. The lowest BCUT2D eigenvalue weighted by atomic mass is 10.3. The van der Waals surface area contributed by atoms with Gasteiger partial charge in [0, 0.05) is 5.69 Å². The highest BCUT2D eigenvalue weighted by atomic mass is 32.2. The van der Waals surface area contributed by atoms with Gasteiger partial charge in [-0.05, 0) is 54.6 Å². The minimum Gasteiger partial charge on any atom is -0.497 e. The van der Waals surface area contributed by atoms with Gasteiger partial charge in [-0.1, -0.05) is 6.07 Å². The highest BCUT2D eigenvalue weighted by molar-refractivity contribution is 7.92. The van der Waals surface area contributed by atoms with Crippen LogP contribution in [-0.2, 0) is 10.0 Å². The zero-order chi connectivity index (χ0) is 18.6. The molecule has 3 aromatic rings. The number of hydrogen-bond acceptors (Lipinski definition) is 5. The second-order valence-corrected chi connectivity index (χ2v) is 7.03. The standard InChI is InChI=1S/C18H16FN3O3S/c1-25-16-6-8-17(9-7-16)26(23,24)22-15-5-10-18(20-12-15)21-14-4-2-3-13(19)11-14/h2-12,22H,1H3,(H,20,21). The zero-order valence-electron chi connectivity index (χ0n) is 13.8. The molecule has 0 unspecified atom stereocenters. The van der Waals surface area contributed by atoms with Crippen LogP contribution in [0.3, 0.4) is 0 Å². The Bertz CT molecular complexity index is 991. The average molecular weight is 373 g/mol. The van der Waals surface area contributed by atoms with Crippen LogP contribution in [0, 0.1) is 5.82 Å². The Morgan fingerprint density at radius 2 is 1.77 bits per heavy atom. The van der Waals surface area contributed by atoms with E-state index in [0.717, 1.165) is 0 Å². The van der Waals surface area contributed by atoms with E-state index in [9.17, 15) is 12.8 Å². The van der Waals surface area contributed by atoms with Gasteiger partial charge in [0.05, 0.1) is 23.9 Å². The van der Waals surface area contributed by atoms with Crippen molar-refractivity contribution in [3.63, 3.8) is 0 Å². The molecule has 0 aliphatic rings. The molecule has 0 fully saturated rings. The summed E-state index contributed by atoms with van der Waals surface area (Å²) in [5, 5.41) is 2.94. The Balaban J connectivity index is 1.71. The molecule has 134 valence electrons. The summed E-state index contributed by atoms with van der Waals surface area (Å²) in [6, 6.07) is 15.2. The fraction of sp³-hybridized carbons (Fsp3) is 0.0556. The molecule has 2 aromatic carbocycles. The van der Waals surface area contributed by atoms with Gasteiger partial charge in [0.15, 0.2) is 0 Å². The van der Waals surface area contributed by atoms with Gasteiger partial charge >= 0.3 is 0 Å². The quantitative estimate of drug-likeness (QED) is 0.687. The Kier molecular flexibility index (Phi) is 5.04. The predicted molar refractivity (Wildman–Crippen MR) is 97.7 cm³/mol. The van der Waals surface area contributed by atoms with Crippen LogP contribution >= 0.6 is 0 Å². The molecule has 0 amide bonds. The predicted octanol–water partition coefficient (Wildman–Crippen LogP) is 3.77. The number of pyridine rings is 1. The second kappa shape index (κ2) is 7.40. The third-order valence-corrected chi connectivity index (χ3v) is 4.88. The number of nitrogens with zero attached hydrogens (tertiary/aromatic N) is 1. The van der Waals surface area contributed by atoms with Crippen LogP contribution in [0.15, 0.2) is 71.8 Å². The Morgan fingerprint density at radius 3 is 2.38 bits per heavy atom. The number of ether oxygens (including phenoxy) is 1. The van der Waals surface area contributed by atoms with Crippen molar-refractivity contribution in [3.05, 3.63) is 72.7 Å². The molecule has 8 heteroatoms. The van der Waals surface area contributed by atoms with Gasteiger partial charge in [-0.3, -0.25) is 4.72 Å². The Morgan fingerprint density at radius 1 is 1.00 bits per heavy atom. The van der Waals surface area contributed by atoms with Gasteiger partial charge in [0.25, 0.3) is 10.0 Å². The average Bonchev–Trinajstić information content (AvgIpc) is 2.63. The summed E-state index contributed by atoms with van der Waals surface area (Å²) in [5.74, 6) is 0.667. The fourth-order valence-corrected chi connectivity index (χ4v) is 3.25. The minimum absolute atomic E-state index is 0.111. The summed E-state index contributed by atoms with van der Waals surface area (Å²) in [6.07, 6.45) is 1.38. The molecule has 0 saturated heterocycles. The monoisotopic (exact) mass is 373 g/mol. The molecule has 0 aliphatic carbocycles. The molecule has 0 radical (unpaired) electrons. The van der Waals surface area contributed by atoms with E-state index in [-0.39, 0.29) is 10.7 Å². The van der Waals surface area contributed by atoms with Crippen LogP contribution in [0.2, 0.25) is 0 Å². The van der Waals surface area contributed by atoms with Crippen molar-refractivity contribution in [2.75, 3.05) is 17.1 Å². The molecule has 0 atom stereocenters. The van der Waals surface area contributed by atoms with E-state index >= 15 is 0 Å². The maximum absolute atomic E-state index is 13.2. The van der Waals surface area contributed by atoms with Crippen molar-refractivity contribution < 1.29 is 17.5 Å². The van der Waals surface area contributed by atoms with Crippen LogP contribution in [0.5, 0.6) is 5.75 Å². The minimum atomic E-state index is -3.73. The third kappa shape index (κ3) is 4.28. The SMILES string of the molecule is COc1ccc(S(=O)(=O)Nc2ccc(Nc3cccc(F)c3)nc2)cc1. The maximum Gasteiger partial charge on any atom is 0.261 e. The molecule has 1 heterocycles. The summed E-state index contributed by atoms with van der Waals surface area (Å²) in [6.45, 7) is 0. The highest BCUT2D eigenvalue weighted by Crippen LogP contribution is 2.21. The van der Waals surface area contributed by atoms with Crippen molar-refractivity contribution in [1.29, 1.82) is 0 Å². The van der Waals surface area contributed by atoms with E-state index in [2.05, 4.69) is 15.0 Å². The number of halogens is 1. The van der Waals surface area contributed by atoms with E-state index < -0.39 is 10.0 Å². The number of rotatable bonds is 6. The van der Waals surface area contributed by atoms with Gasteiger partial charge in [-0.25, -0.2) is 17.8 Å². The Hall–Kier alpha value is -3.13. The third-order valence-electron chi connectivity index (χ3n) is 3.48. The number of nitrogens with one attached hydrogen (secondary N) is 2. The molecular weight excluding hydrogens is 357 g/mol. The van der Waals surface area contributed by atoms with Crippen molar-refractivity contribution in [2.45, 2.75) is 4.90 Å². The maximum atomic E-state index is 13.2. The van der Waals surface area contributed by atoms with E-state index in [4.69, 9.17) is 4.74 Å². The highest BCUT2D eigenvalue weighted by Gasteiger charge is 2.14. The van der Waals surface area contributed by atoms with Crippen molar-refractivity contribution >= 4 is 27.2 Å². The van der Waals surface area contributed by atoms with Gasteiger partial charge in [0.2, 0.25) is 0 Å². The molecule has 0 spiro atoms. The first-order chi connectivity index (χ1) is 12.5. The van der Waals surface area contributed by atoms with Gasteiger partial charge < -0.3 is 10.1 Å². The Labute approximate surface area is 150 Å². The molecule has 0 aliphatic heterocycles. The lowest BCUT2D eigenvalue weighted by Crippen LogP contribution is -2.13. The summed E-state index contributed by atoms with van der Waals surface area (Å²) in [4.78, 5) is 4.24. The fourth-order valence-electron chi connectivity index (χ4n) is 2.21. The zero-order valence-corrected chi connectivity index (χ0v) is 14.6. The van der Waals surface area contributed by atoms with E-state index in [1.54, 1.807) is 36.4 Å². The normalized spacial score (nSPS) is 11.0. The van der Waals surface area contributed by atoms with Crippen molar-refractivity contribution in [3.8, 4) is 5.75 Å². The van der Waals surface area contributed by atoms with Gasteiger partial charge in [0.1, 0.15) is 17.4 Å². The number of benzene rings is 2. The van der Waals surface area contributed by atoms with Gasteiger partial charge in [-0.15, -0.1) is 0 Å². The first-order valence-corrected chi connectivity index (χ1v) is 9.10.